The summed E-state index contributed by atoms with van der Waals surface area (Å²) in [5.41, 5.74) is 0.988. The molecule has 1 aromatic carbocycles. The van der Waals surface area contributed by atoms with E-state index in [1.54, 1.807) is 7.11 Å². The molecule has 3 heteroatoms. The van der Waals surface area contributed by atoms with Gasteiger partial charge in [0.05, 0.1) is 13.2 Å². The number of benzene rings is 1. The summed E-state index contributed by atoms with van der Waals surface area (Å²) in [4.78, 5) is 0. The predicted molar refractivity (Wildman–Crippen MR) is 71.4 cm³/mol. The molecule has 0 heterocycles. The fourth-order valence-electron chi connectivity index (χ4n) is 2.53. The first-order chi connectivity index (χ1) is 8.83. The molecule has 1 unspecified atom stereocenters. The molecular weight excluding hydrogens is 224 g/mol. The molecule has 96 valence electrons. The Bertz CT molecular complexity index is 419. The van der Waals surface area contributed by atoms with Crippen LogP contribution in [0.1, 0.15) is 43.7 Å². The number of nitrogens with zero attached hydrogens (tertiary/aromatic N) is 1. The maximum atomic E-state index is 9.32. The monoisotopic (exact) mass is 244 g/mol. The smallest absolute Gasteiger partial charge is 0.121 e. The SMILES string of the molecule is COc1cccc(C(C#N)NC2CCCCC2)c1. The van der Waals surface area contributed by atoms with Gasteiger partial charge in [-0.25, -0.2) is 0 Å². The van der Waals surface area contributed by atoms with Gasteiger partial charge in [0.25, 0.3) is 0 Å². The molecule has 1 atom stereocenters. The Morgan fingerprint density at radius 1 is 1.33 bits per heavy atom. The number of rotatable bonds is 4. The first kappa shape index (κ1) is 12.9. The average Bonchev–Trinajstić information content (AvgIpc) is 2.46. The molecule has 1 N–H and O–H groups in total. The van der Waals surface area contributed by atoms with Crippen molar-refractivity contribution in [2.75, 3.05) is 7.11 Å². The Morgan fingerprint density at radius 3 is 2.78 bits per heavy atom. The molecule has 0 aromatic heterocycles. The molecular formula is C15H20N2O. The van der Waals surface area contributed by atoms with Crippen LogP contribution in [0.15, 0.2) is 24.3 Å². The van der Waals surface area contributed by atoms with Crippen LogP contribution in [0.4, 0.5) is 0 Å². The van der Waals surface area contributed by atoms with E-state index in [9.17, 15) is 5.26 Å². The summed E-state index contributed by atoms with van der Waals surface area (Å²) in [5.74, 6) is 0.804. The molecule has 0 radical (unpaired) electrons. The Morgan fingerprint density at radius 2 is 2.11 bits per heavy atom. The second-order valence-electron chi connectivity index (χ2n) is 4.84. The maximum absolute atomic E-state index is 9.32. The van der Waals surface area contributed by atoms with E-state index in [2.05, 4.69) is 11.4 Å². The van der Waals surface area contributed by atoms with Crippen LogP contribution in [-0.4, -0.2) is 13.2 Å². The first-order valence-corrected chi connectivity index (χ1v) is 6.63. The van der Waals surface area contributed by atoms with Gasteiger partial charge in [0, 0.05) is 6.04 Å². The Kier molecular flexibility index (Phi) is 4.60. The van der Waals surface area contributed by atoms with Crippen molar-refractivity contribution in [3.63, 3.8) is 0 Å². The number of nitrogens with one attached hydrogen (secondary N) is 1. The van der Waals surface area contributed by atoms with E-state index in [1.807, 2.05) is 24.3 Å². The highest BCUT2D eigenvalue weighted by atomic mass is 16.5. The van der Waals surface area contributed by atoms with E-state index >= 15 is 0 Å². The van der Waals surface area contributed by atoms with Gasteiger partial charge in [-0.1, -0.05) is 31.4 Å². The normalized spacial score (nSPS) is 18.0. The zero-order valence-electron chi connectivity index (χ0n) is 10.9. The van der Waals surface area contributed by atoms with E-state index in [0.29, 0.717) is 6.04 Å². The second-order valence-corrected chi connectivity index (χ2v) is 4.84. The van der Waals surface area contributed by atoms with Crippen LogP contribution >= 0.6 is 0 Å². The van der Waals surface area contributed by atoms with Gasteiger partial charge in [0.1, 0.15) is 11.8 Å². The van der Waals surface area contributed by atoms with Gasteiger partial charge >= 0.3 is 0 Å². The lowest BCUT2D eigenvalue weighted by atomic mass is 9.94. The van der Waals surface area contributed by atoms with Gasteiger partial charge in [-0.3, -0.25) is 5.32 Å². The largest absolute Gasteiger partial charge is 0.497 e. The first-order valence-electron chi connectivity index (χ1n) is 6.63. The molecule has 18 heavy (non-hydrogen) atoms. The van der Waals surface area contributed by atoms with Crippen molar-refractivity contribution in [3.05, 3.63) is 29.8 Å². The Balaban J connectivity index is 2.05. The van der Waals surface area contributed by atoms with Gasteiger partial charge in [0.2, 0.25) is 0 Å². The van der Waals surface area contributed by atoms with Crippen molar-refractivity contribution in [1.29, 1.82) is 5.26 Å². The summed E-state index contributed by atoms with van der Waals surface area (Å²) >= 11 is 0. The molecule has 1 aliphatic rings. The van der Waals surface area contributed by atoms with E-state index < -0.39 is 0 Å². The molecule has 0 spiro atoms. The van der Waals surface area contributed by atoms with Crippen LogP contribution in [0.2, 0.25) is 0 Å². The van der Waals surface area contributed by atoms with Crippen LogP contribution in [0, 0.1) is 11.3 Å². The van der Waals surface area contributed by atoms with Crippen molar-refractivity contribution < 1.29 is 4.74 Å². The quantitative estimate of drug-likeness (QED) is 0.884. The number of nitriles is 1. The van der Waals surface area contributed by atoms with Crippen LogP contribution < -0.4 is 10.1 Å². The Labute approximate surface area is 109 Å². The summed E-state index contributed by atoms with van der Waals surface area (Å²) in [5, 5.41) is 12.8. The van der Waals surface area contributed by atoms with Gasteiger partial charge in [0.15, 0.2) is 0 Å². The molecule has 0 bridgehead atoms. The van der Waals surface area contributed by atoms with E-state index in [-0.39, 0.29) is 6.04 Å². The summed E-state index contributed by atoms with van der Waals surface area (Å²) < 4.78 is 5.20. The van der Waals surface area contributed by atoms with Crippen LogP contribution in [0.25, 0.3) is 0 Å². The van der Waals surface area contributed by atoms with Gasteiger partial charge in [-0.2, -0.15) is 5.26 Å². The zero-order valence-corrected chi connectivity index (χ0v) is 10.9. The fraction of sp³-hybridized carbons (Fsp3) is 0.533. The zero-order chi connectivity index (χ0) is 12.8. The molecule has 0 aliphatic heterocycles. The molecule has 1 saturated carbocycles. The van der Waals surface area contributed by atoms with Crippen molar-refractivity contribution in [3.8, 4) is 11.8 Å². The molecule has 2 rings (SSSR count). The van der Waals surface area contributed by atoms with E-state index in [0.717, 1.165) is 11.3 Å². The summed E-state index contributed by atoms with van der Waals surface area (Å²) in [6.45, 7) is 0. The number of methoxy groups -OCH3 is 1. The fourth-order valence-corrected chi connectivity index (χ4v) is 2.53. The summed E-state index contributed by atoms with van der Waals surface area (Å²) in [6.07, 6.45) is 6.24. The minimum Gasteiger partial charge on any atom is -0.497 e. The van der Waals surface area contributed by atoms with Gasteiger partial charge in [-0.05, 0) is 30.5 Å². The third-order valence-electron chi connectivity index (χ3n) is 3.56. The van der Waals surface area contributed by atoms with Crippen LogP contribution in [-0.2, 0) is 0 Å². The highest BCUT2D eigenvalue weighted by molar-refractivity contribution is 5.33. The van der Waals surface area contributed by atoms with Gasteiger partial charge in [-0.15, -0.1) is 0 Å². The molecule has 1 aliphatic carbocycles. The third-order valence-corrected chi connectivity index (χ3v) is 3.56. The molecule has 0 amide bonds. The molecule has 1 aromatic rings. The molecule has 0 saturated heterocycles. The lowest BCUT2D eigenvalue weighted by Crippen LogP contribution is -2.33. The van der Waals surface area contributed by atoms with Gasteiger partial charge < -0.3 is 4.74 Å². The van der Waals surface area contributed by atoms with Crippen molar-refractivity contribution in [2.45, 2.75) is 44.2 Å². The predicted octanol–water partition coefficient (Wildman–Crippen LogP) is 3.18. The van der Waals surface area contributed by atoms with Crippen molar-refractivity contribution in [1.82, 2.24) is 5.32 Å². The lowest BCUT2D eigenvalue weighted by Gasteiger charge is -2.25. The Hall–Kier alpha value is -1.53. The molecule has 1 fully saturated rings. The molecule has 3 nitrogen and oxygen atoms in total. The minimum absolute atomic E-state index is 0.233. The topological polar surface area (TPSA) is 45.0 Å². The van der Waals surface area contributed by atoms with E-state index in [4.69, 9.17) is 4.74 Å². The van der Waals surface area contributed by atoms with Crippen LogP contribution in [0.5, 0.6) is 5.75 Å². The standard InChI is InChI=1S/C15H20N2O/c1-18-14-9-5-6-12(10-14)15(11-16)17-13-7-3-2-4-8-13/h5-6,9-10,13,15,17H,2-4,7-8H2,1H3. The van der Waals surface area contributed by atoms with Crippen molar-refractivity contribution >= 4 is 0 Å². The number of hydrogen-bond donors (Lipinski definition) is 1. The highest BCUT2D eigenvalue weighted by Gasteiger charge is 2.19. The van der Waals surface area contributed by atoms with Crippen LogP contribution in [0.3, 0.4) is 0 Å². The average molecular weight is 244 g/mol. The second kappa shape index (κ2) is 6.42. The number of ether oxygens (including phenoxy) is 1. The third kappa shape index (κ3) is 3.24. The minimum atomic E-state index is -0.233. The van der Waals surface area contributed by atoms with Crippen molar-refractivity contribution in [2.24, 2.45) is 0 Å². The summed E-state index contributed by atoms with van der Waals surface area (Å²) in [6, 6.07) is 10.3. The lowest BCUT2D eigenvalue weighted by molar-refractivity contribution is 0.359. The van der Waals surface area contributed by atoms with E-state index in [1.165, 1.54) is 32.1 Å². The number of hydrogen-bond acceptors (Lipinski definition) is 3. The maximum Gasteiger partial charge on any atom is 0.121 e. The summed E-state index contributed by atoms with van der Waals surface area (Å²) in [7, 11) is 1.65. The highest BCUT2D eigenvalue weighted by Crippen LogP contribution is 2.23.